The van der Waals surface area contributed by atoms with Crippen molar-refractivity contribution in [1.82, 2.24) is 10.2 Å². The molecule has 0 spiro atoms. The van der Waals surface area contributed by atoms with Crippen molar-refractivity contribution in [2.24, 2.45) is 11.3 Å². The van der Waals surface area contributed by atoms with E-state index in [-0.39, 0.29) is 18.1 Å². The number of hydrogen-bond acceptors (Lipinski definition) is 4. The summed E-state index contributed by atoms with van der Waals surface area (Å²) in [5, 5.41) is 2.63. The Labute approximate surface area is 160 Å². The number of imide groups is 1. The molecule has 1 aromatic carbocycles. The van der Waals surface area contributed by atoms with Gasteiger partial charge >= 0.3 is 12.0 Å². The van der Waals surface area contributed by atoms with E-state index in [1.807, 2.05) is 6.07 Å². The van der Waals surface area contributed by atoms with Gasteiger partial charge in [0.25, 0.3) is 5.91 Å². The van der Waals surface area contributed by atoms with Gasteiger partial charge < -0.3 is 10.1 Å². The molecule has 1 saturated carbocycles. The number of amides is 3. The van der Waals surface area contributed by atoms with Crippen LogP contribution in [0.3, 0.4) is 0 Å². The van der Waals surface area contributed by atoms with Crippen molar-refractivity contribution >= 4 is 17.9 Å². The van der Waals surface area contributed by atoms with Crippen LogP contribution in [0.5, 0.6) is 0 Å². The van der Waals surface area contributed by atoms with Gasteiger partial charge in [0.15, 0.2) is 0 Å². The van der Waals surface area contributed by atoms with Crippen LogP contribution >= 0.6 is 0 Å². The smallest absolute Gasteiger partial charge is 0.326 e. The van der Waals surface area contributed by atoms with Gasteiger partial charge in [-0.2, -0.15) is 0 Å². The second-order valence-electron chi connectivity index (χ2n) is 8.55. The van der Waals surface area contributed by atoms with Gasteiger partial charge in [-0.1, -0.05) is 51.1 Å². The van der Waals surface area contributed by atoms with Crippen LogP contribution in [0.15, 0.2) is 30.3 Å². The van der Waals surface area contributed by atoms with Crippen LogP contribution in [0, 0.1) is 11.3 Å². The third kappa shape index (κ3) is 4.49. The first kappa shape index (κ1) is 19.4. The molecule has 1 saturated heterocycles. The molecule has 1 atom stereocenters. The van der Waals surface area contributed by atoms with Crippen LogP contribution < -0.4 is 5.32 Å². The Morgan fingerprint density at radius 2 is 1.74 bits per heavy atom. The fraction of sp³-hybridized carbons (Fsp3) is 0.571. The van der Waals surface area contributed by atoms with Gasteiger partial charge in [0.05, 0.1) is 0 Å². The molecule has 1 aliphatic heterocycles. The van der Waals surface area contributed by atoms with Gasteiger partial charge in [-0.3, -0.25) is 14.5 Å². The highest BCUT2D eigenvalue weighted by Gasteiger charge is 2.40. The van der Waals surface area contributed by atoms with Crippen LogP contribution in [0.4, 0.5) is 4.79 Å². The van der Waals surface area contributed by atoms with Crippen molar-refractivity contribution in [3.8, 4) is 0 Å². The monoisotopic (exact) mass is 372 g/mol. The second kappa shape index (κ2) is 7.71. The van der Waals surface area contributed by atoms with Crippen molar-refractivity contribution in [2.75, 3.05) is 6.54 Å². The summed E-state index contributed by atoms with van der Waals surface area (Å²) in [6, 6.07) is 7.71. The van der Waals surface area contributed by atoms with Crippen LogP contribution in [0.1, 0.15) is 58.1 Å². The molecule has 6 nitrogen and oxygen atoms in total. The number of hydrogen-bond donors (Lipinski definition) is 1. The third-order valence-electron chi connectivity index (χ3n) is 5.64. The average molecular weight is 372 g/mol. The summed E-state index contributed by atoms with van der Waals surface area (Å²) < 4.78 is 5.54. The predicted molar refractivity (Wildman–Crippen MR) is 101 cm³/mol. The minimum Gasteiger partial charge on any atom is -0.461 e. The molecule has 27 heavy (non-hydrogen) atoms. The number of carbonyl (C=O) groups is 3. The molecular formula is C21H28N2O4. The highest BCUT2D eigenvalue weighted by atomic mass is 16.5. The molecule has 1 aromatic rings. The van der Waals surface area contributed by atoms with Crippen molar-refractivity contribution < 1.29 is 19.1 Å². The number of ether oxygens (including phenoxy) is 1. The van der Waals surface area contributed by atoms with E-state index in [1.54, 1.807) is 24.3 Å². The lowest BCUT2D eigenvalue weighted by atomic mass is 9.72. The Hall–Kier alpha value is -2.37. The fourth-order valence-electron chi connectivity index (χ4n) is 3.94. The maximum atomic E-state index is 12.5. The Kier molecular flexibility index (Phi) is 5.53. The van der Waals surface area contributed by atoms with Gasteiger partial charge in [0, 0.05) is 0 Å². The number of urea groups is 1. The van der Waals surface area contributed by atoms with Gasteiger partial charge in [0.2, 0.25) is 0 Å². The molecular weight excluding hydrogens is 344 g/mol. The largest absolute Gasteiger partial charge is 0.461 e. The Bertz CT molecular complexity index is 703. The summed E-state index contributed by atoms with van der Waals surface area (Å²) in [4.78, 5) is 37.9. The van der Waals surface area contributed by atoms with E-state index >= 15 is 0 Å². The highest BCUT2D eigenvalue weighted by Crippen LogP contribution is 2.38. The molecule has 1 unspecified atom stereocenters. The lowest BCUT2D eigenvalue weighted by molar-refractivity contribution is -0.154. The summed E-state index contributed by atoms with van der Waals surface area (Å²) in [6.07, 6.45) is 3.60. The lowest BCUT2D eigenvalue weighted by Gasteiger charge is -2.36. The summed E-state index contributed by atoms with van der Waals surface area (Å²) in [6.45, 7) is 6.38. The molecule has 1 heterocycles. The number of rotatable bonds is 4. The van der Waals surface area contributed by atoms with E-state index in [1.165, 1.54) is 0 Å². The molecule has 0 radical (unpaired) electrons. The molecule has 3 rings (SSSR count). The zero-order valence-corrected chi connectivity index (χ0v) is 16.2. The van der Waals surface area contributed by atoms with E-state index in [2.05, 4.69) is 26.1 Å². The Morgan fingerprint density at radius 3 is 2.33 bits per heavy atom. The molecule has 6 heteroatoms. The van der Waals surface area contributed by atoms with Crippen molar-refractivity contribution in [3.05, 3.63) is 35.9 Å². The van der Waals surface area contributed by atoms with Gasteiger partial charge in [-0.05, 0) is 42.6 Å². The predicted octanol–water partition coefficient (Wildman–Crippen LogP) is 3.43. The number of nitrogens with zero attached hydrogens (tertiary/aromatic N) is 1. The quantitative estimate of drug-likeness (QED) is 0.649. The van der Waals surface area contributed by atoms with Crippen LogP contribution in [-0.2, 0) is 14.3 Å². The maximum absolute atomic E-state index is 12.5. The summed E-state index contributed by atoms with van der Waals surface area (Å²) in [5.74, 6) is -0.309. The first-order valence-corrected chi connectivity index (χ1v) is 9.62. The SMILES string of the molecule is CC(C)(C)C1CCC(OC(=O)CN2C(=O)NC(c3ccccc3)C2=O)CC1. The number of carbonyl (C=O) groups excluding carboxylic acids is 3. The van der Waals surface area contributed by atoms with Crippen molar-refractivity contribution in [3.63, 3.8) is 0 Å². The Balaban J connectivity index is 1.53. The summed E-state index contributed by atoms with van der Waals surface area (Å²) in [7, 11) is 0. The zero-order chi connectivity index (χ0) is 19.6. The minimum atomic E-state index is -0.742. The number of nitrogens with one attached hydrogen (secondary N) is 1. The van der Waals surface area contributed by atoms with E-state index in [4.69, 9.17) is 4.74 Å². The van der Waals surface area contributed by atoms with E-state index < -0.39 is 23.9 Å². The van der Waals surface area contributed by atoms with E-state index in [0.717, 1.165) is 30.6 Å². The molecule has 0 aromatic heterocycles. The molecule has 2 fully saturated rings. The van der Waals surface area contributed by atoms with E-state index in [0.29, 0.717) is 11.5 Å². The van der Waals surface area contributed by atoms with Crippen molar-refractivity contribution in [2.45, 2.75) is 58.6 Å². The minimum absolute atomic E-state index is 0.123. The summed E-state index contributed by atoms with van der Waals surface area (Å²) >= 11 is 0. The van der Waals surface area contributed by atoms with Crippen LogP contribution in [0.25, 0.3) is 0 Å². The van der Waals surface area contributed by atoms with Gasteiger partial charge in [-0.15, -0.1) is 0 Å². The number of esters is 1. The second-order valence-corrected chi connectivity index (χ2v) is 8.55. The maximum Gasteiger partial charge on any atom is 0.326 e. The standard InChI is InChI=1S/C21H28N2O4/c1-21(2,3)15-9-11-16(12-10-15)27-17(24)13-23-19(25)18(22-20(23)26)14-7-5-4-6-8-14/h4-8,15-16,18H,9-13H2,1-3H3,(H,22,26). The molecule has 3 amide bonds. The van der Waals surface area contributed by atoms with Crippen LogP contribution in [0.2, 0.25) is 0 Å². The van der Waals surface area contributed by atoms with Crippen molar-refractivity contribution in [1.29, 1.82) is 0 Å². The van der Waals surface area contributed by atoms with E-state index in [9.17, 15) is 14.4 Å². The first-order valence-electron chi connectivity index (χ1n) is 9.62. The van der Waals surface area contributed by atoms with Crippen LogP contribution in [-0.4, -0.2) is 35.5 Å². The molecule has 2 aliphatic rings. The highest BCUT2D eigenvalue weighted by molar-refractivity contribution is 6.06. The Morgan fingerprint density at radius 1 is 1.11 bits per heavy atom. The van der Waals surface area contributed by atoms with Gasteiger partial charge in [-0.25, -0.2) is 4.79 Å². The zero-order valence-electron chi connectivity index (χ0n) is 16.2. The topological polar surface area (TPSA) is 75.7 Å². The normalized spacial score (nSPS) is 26.0. The molecule has 0 bridgehead atoms. The fourth-order valence-corrected chi connectivity index (χ4v) is 3.94. The lowest BCUT2D eigenvalue weighted by Crippen LogP contribution is -2.38. The van der Waals surface area contributed by atoms with Gasteiger partial charge in [0.1, 0.15) is 18.7 Å². The number of benzene rings is 1. The molecule has 146 valence electrons. The third-order valence-corrected chi connectivity index (χ3v) is 5.64. The molecule has 1 N–H and O–H groups in total. The summed E-state index contributed by atoms with van der Waals surface area (Å²) in [5.41, 5.74) is 0.966. The average Bonchev–Trinajstić information content (AvgIpc) is 2.90. The molecule has 1 aliphatic carbocycles. The first-order chi connectivity index (χ1) is 12.8.